The highest BCUT2D eigenvalue weighted by Gasteiger charge is 2.33. The smallest absolute Gasteiger partial charge is 0.249 e. The van der Waals surface area contributed by atoms with E-state index in [9.17, 15) is 14.0 Å². The molecule has 0 saturated heterocycles. The van der Waals surface area contributed by atoms with Crippen LogP contribution in [0.25, 0.3) is 11.4 Å². The molecule has 3 aromatic rings. The first kappa shape index (κ1) is 18.9. The summed E-state index contributed by atoms with van der Waals surface area (Å²) in [5.74, 6) is -0.235. The molecule has 8 nitrogen and oxygen atoms in total. The number of nitrogens with one attached hydrogen (secondary N) is 2. The van der Waals surface area contributed by atoms with Crippen molar-refractivity contribution in [1.29, 1.82) is 0 Å². The molecular weight excluding hydrogens is 401 g/mol. The van der Waals surface area contributed by atoms with E-state index in [1.54, 1.807) is 31.4 Å². The van der Waals surface area contributed by atoms with Gasteiger partial charge < -0.3 is 10.1 Å². The summed E-state index contributed by atoms with van der Waals surface area (Å²) in [5.41, 5.74) is 1.01. The van der Waals surface area contributed by atoms with Gasteiger partial charge in [0.2, 0.25) is 17.8 Å². The van der Waals surface area contributed by atoms with Gasteiger partial charge in [-0.1, -0.05) is 11.6 Å². The first-order valence-electron chi connectivity index (χ1n) is 8.61. The summed E-state index contributed by atoms with van der Waals surface area (Å²) in [4.78, 5) is 29.2. The SMILES string of the molecule is COc1ccc(-c2nc3n(n2)[C@H](C(=O)Nc2ccc(F)c(Cl)c2)CC(=O)N3)cc1. The second kappa shape index (κ2) is 7.51. The molecule has 2 N–H and O–H groups in total. The average Bonchev–Trinajstić information content (AvgIpc) is 3.14. The maximum absolute atomic E-state index is 13.3. The third kappa shape index (κ3) is 3.77. The van der Waals surface area contributed by atoms with Crippen molar-refractivity contribution in [2.24, 2.45) is 0 Å². The number of carbonyl (C=O) groups is 2. The lowest BCUT2D eigenvalue weighted by Gasteiger charge is -2.22. The molecule has 2 amide bonds. The molecule has 0 spiro atoms. The lowest BCUT2D eigenvalue weighted by atomic mass is 10.1. The van der Waals surface area contributed by atoms with Gasteiger partial charge in [-0.15, -0.1) is 5.10 Å². The molecule has 1 aromatic heterocycles. The van der Waals surface area contributed by atoms with Gasteiger partial charge in [-0.05, 0) is 42.5 Å². The minimum atomic E-state index is -0.915. The zero-order chi connectivity index (χ0) is 20.5. The predicted molar refractivity (Wildman–Crippen MR) is 104 cm³/mol. The van der Waals surface area contributed by atoms with E-state index < -0.39 is 17.8 Å². The number of aromatic nitrogens is 3. The van der Waals surface area contributed by atoms with Crippen molar-refractivity contribution >= 4 is 35.1 Å². The fourth-order valence-electron chi connectivity index (χ4n) is 2.93. The van der Waals surface area contributed by atoms with Crippen LogP contribution in [0.4, 0.5) is 16.0 Å². The van der Waals surface area contributed by atoms with Crippen molar-refractivity contribution in [2.45, 2.75) is 12.5 Å². The molecule has 148 valence electrons. The average molecular weight is 416 g/mol. The van der Waals surface area contributed by atoms with Crippen LogP contribution in [0.5, 0.6) is 5.75 Å². The van der Waals surface area contributed by atoms with Gasteiger partial charge in [0.05, 0.1) is 18.6 Å². The van der Waals surface area contributed by atoms with Crippen molar-refractivity contribution in [3.63, 3.8) is 0 Å². The molecule has 2 heterocycles. The maximum atomic E-state index is 13.3. The summed E-state index contributed by atoms with van der Waals surface area (Å²) in [6, 6.07) is 9.98. The van der Waals surface area contributed by atoms with Crippen LogP contribution < -0.4 is 15.4 Å². The zero-order valence-corrected chi connectivity index (χ0v) is 15.9. The summed E-state index contributed by atoms with van der Waals surface area (Å²) in [5, 5.41) is 9.51. The molecule has 0 saturated carbocycles. The number of carbonyl (C=O) groups excluding carboxylic acids is 2. The Bertz CT molecular complexity index is 1100. The Hall–Kier alpha value is -3.46. The maximum Gasteiger partial charge on any atom is 0.249 e. The van der Waals surface area contributed by atoms with Gasteiger partial charge in [0.15, 0.2) is 5.82 Å². The fraction of sp³-hybridized carbons (Fsp3) is 0.158. The number of hydrogen-bond acceptors (Lipinski definition) is 5. The molecule has 4 rings (SSSR count). The number of hydrogen-bond donors (Lipinski definition) is 2. The topological polar surface area (TPSA) is 98.1 Å². The largest absolute Gasteiger partial charge is 0.497 e. The minimum absolute atomic E-state index is 0.112. The Kier molecular flexibility index (Phi) is 4.89. The predicted octanol–water partition coefficient (Wildman–Crippen LogP) is 3.27. The van der Waals surface area contributed by atoms with E-state index in [-0.39, 0.29) is 23.3 Å². The molecule has 1 aliphatic heterocycles. The second-order valence-corrected chi connectivity index (χ2v) is 6.73. The van der Waals surface area contributed by atoms with Crippen LogP contribution in [-0.4, -0.2) is 33.7 Å². The Labute approximate surface area is 169 Å². The van der Waals surface area contributed by atoms with Crippen LogP contribution in [-0.2, 0) is 9.59 Å². The Balaban J connectivity index is 1.62. The summed E-state index contributed by atoms with van der Waals surface area (Å²) in [6.45, 7) is 0. The van der Waals surface area contributed by atoms with Gasteiger partial charge in [0.1, 0.15) is 17.6 Å². The van der Waals surface area contributed by atoms with Gasteiger partial charge in [-0.25, -0.2) is 9.07 Å². The van der Waals surface area contributed by atoms with Crippen LogP contribution in [0.15, 0.2) is 42.5 Å². The number of benzene rings is 2. The Morgan fingerprint density at radius 1 is 1.31 bits per heavy atom. The van der Waals surface area contributed by atoms with Crippen molar-refractivity contribution in [3.8, 4) is 17.1 Å². The minimum Gasteiger partial charge on any atom is -0.497 e. The van der Waals surface area contributed by atoms with Crippen molar-refractivity contribution in [1.82, 2.24) is 14.8 Å². The van der Waals surface area contributed by atoms with E-state index in [2.05, 4.69) is 20.7 Å². The molecule has 1 atom stereocenters. The number of halogens is 2. The molecule has 0 unspecified atom stereocenters. The third-order valence-electron chi connectivity index (χ3n) is 4.39. The normalized spacial score (nSPS) is 15.4. The van der Waals surface area contributed by atoms with E-state index in [1.807, 2.05) is 0 Å². The lowest BCUT2D eigenvalue weighted by molar-refractivity contribution is -0.125. The third-order valence-corrected chi connectivity index (χ3v) is 4.68. The molecule has 1 aliphatic rings. The summed E-state index contributed by atoms with van der Waals surface area (Å²) < 4.78 is 19.8. The molecule has 0 bridgehead atoms. The molecular formula is C19H15ClFN5O3. The molecule has 29 heavy (non-hydrogen) atoms. The molecule has 0 fully saturated rings. The number of fused-ring (bicyclic) bond motifs is 1. The number of ether oxygens (including phenoxy) is 1. The van der Waals surface area contributed by atoms with E-state index in [1.165, 1.54) is 16.8 Å². The second-order valence-electron chi connectivity index (χ2n) is 6.32. The van der Waals surface area contributed by atoms with Crippen molar-refractivity contribution in [3.05, 3.63) is 53.3 Å². The summed E-state index contributed by atoms with van der Waals surface area (Å²) in [7, 11) is 1.57. The Morgan fingerprint density at radius 3 is 2.76 bits per heavy atom. The number of anilines is 2. The zero-order valence-electron chi connectivity index (χ0n) is 15.1. The van der Waals surface area contributed by atoms with Crippen LogP contribution in [0.3, 0.4) is 0 Å². The summed E-state index contributed by atoms with van der Waals surface area (Å²) >= 11 is 5.75. The van der Waals surface area contributed by atoms with Crippen molar-refractivity contribution < 1.29 is 18.7 Å². The van der Waals surface area contributed by atoms with Crippen molar-refractivity contribution in [2.75, 3.05) is 17.7 Å². The Morgan fingerprint density at radius 2 is 2.07 bits per heavy atom. The first-order valence-corrected chi connectivity index (χ1v) is 8.99. The standard InChI is InChI=1S/C19H15ClFN5O3/c1-29-12-5-2-10(3-6-12)17-24-19-23-16(27)9-15(26(19)25-17)18(28)22-11-4-7-14(21)13(20)8-11/h2-8,15H,9H2,1H3,(H,22,28)(H,23,24,25,27)/t15-/m0/s1. The highest BCUT2D eigenvalue weighted by Crippen LogP contribution is 2.28. The van der Waals surface area contributed by atoms with E-state index in [0.29, 0.717) is 22.8 Å². The van der Waals surface area contributed by atoms with Crippen LogP contribution in [0.2, 0.25) is 5.02 Å². The number of amides is 2. The van der Waals surface area contributed by atoms with E-state index in [4.69, 9.17) is 16.3 Å². The molecule has 2 aromatic carbocycles. The highest BCUT2D eigenvalue weighted by molar-refractivity contribution is 6.31. The van der Waals surface area contributed by atoms with Gasteiger partial charge >= 0.3 is 0 Å². The van der Waals surface area contributed by atoms with Crippen LogP contribution in [0.1, 0.15) is 12.5 Å². The van der Waals surface area contributed by atoms with E-state index >= 15 is 0 Å². The number of rotatable bonds is 4. The van der Waals surface area contributed by atoms with Gasteiger partial charge in [-0.3, -0.25) is 14.9 Å². The molecule has 0 radical (unpaired) electrons. The number of methoxy groups -OCH3 is 1. The monoisotopic (exact) mass is 415 g/mol. The molecule has 0 aliphatic carbocycles. The summed E-state index contributed by atoms with van der Waals surface area (Å²) in [6.07, 6.45) is -0.112. The number of nitrogens with zero attached hydrogens (tertiary/aromatic N) is 3. The van der Waals surface area contributed by atoms with Gasteiger partial charge in [0.25, 0.3) is 0 Å². The van der Waals surface area contributed by atoms with Gasteiger partial charge in [-0.2, -0.15) is 4.98 Å². The van der Waals surface area contributed by atoms with Crippen LogP contribution in [0, 0.1) is 5.82 Å². The van der Waals surface area contributed by atoms with E-state index in [0.717, 1.165) is 6.07 Å². The van der Waals surface area contributed by atoms with Gasteiger partial charge in [0, 0.05) is 11.3 Å². The molecule has 10 heteroatoms. The highest BCUT2D eigenvalue weighted by atomic mass is 35.5. The lowest BCUT2D eigenvalue weighted by Crippen LogP contribution is -2.36. The fourth-order valence-corrected chi connectivity index (χ4v) is 3.11. The van der Waals surface area contributed by atoms with Crippen LogP contribution >= 0.6 is 11.6 Å². The first-order chi connectivity index (χ1) is 13.9. The quantitative estimate of drug-likeness (QED) is 0.681.